The number of hydrogen-bond acceptors (Lipinski definition) is 3. The largest absolute Gasteiger partial charge is 0.383 e. The lowest BCUT2D eigenvalue weighted by atomic mass is 10.2. The van der Waals surface area contributed by atoms with Crippen LogP contribution in [-0.4, -0.2) is 38.8 Å². The number of nitrogens with one attached hydrogen (secondary N) is 2. The summed E-state index contributed by atoms with van der Waals surface area (Å²) in [5.41, 5.74) is 1.02. The van der Waals surface area contributed by atoms with E-state index < -0.39 is 0 Å². The van der Waals surface area contributed by atoms with E-state index in [4.69, 9.17) is 4.74 Å². The predicted octanol–water partition coefficient (Wildman–Crippen LogP) is 0.303. The molecule has 0 rings (SSSR count). The minimum atomic E-state index is -0.191. The van der Waals surface area contributed by atoms with Gasteiger partial charge in [0.05, 0.1) is 12.6 Å². The van der Waals surface area contributed by atoms with E-state index in [-0.39, 0.29) is 11.9 Å². The van der Waals surface area contributed by atoms with Crippen LogP contribution in [0.4, 0.5) is 0 Å². The van der Waals surface area contributed by atoms with Crippen LogP contribution in [0.15, 0.2) is 12.2 Å². The smallest absolute Gasteiger partial charge is 0.236 e. The SMILES string of the molecule is C=C(C)CNC(C)C(=O)NCCOC. The number of methoxy groups -OCH3 is 1. The summed E-state index contributed by atoms with van der Waals surface area (Å²) in [5, 5.41) is 5.81. The van der Waals surface area contributed by atoms with Gasteiger partial charge in [0, 0.05) is 20.2 Å². The zero-order valence-electron chi connectivity index (χ0n) is 9.22. The molecule has 0 aliphatic carbocycles. The van der Waals surface area contributed by atoms with Gasteiger partial charge in [-0.25, -0.2) is 0 Å². The van der Waals surface area contributed by atoms with E-state index in [2.05, 4.69) is 17.2 Å². The fourth-order valence-electron chi connectivity index (χ4n) is 0.849. The second-order valence-corrected chi connectivity index (χ2v) is 3.34. The van der Waals surface area contributed by atoms with Crippen molar-refractivity contribution in [1.82, 2.24) is 10.6 Å². The van der Waals surface area contributed by atoms with Crippen LogP contribution in [0.25, 0.3) is 0 Å². The number of hydrogen-bond donors (Lipinski definition) is 2. The first-order chi connectivity index (χ1) is 6.57. The van der Waals surface area contributed by atoms with Gasteiger partial charge in [-0.3, -0.25) is 4.79 Å². The molecule has 0 spiro atoms. The van der Waals surface area contributed by atoms with Crippen molar-refractivity contribution in [3.63, 3.8) is 0 Å². The van der Waals surface area contributed by atoms with Crippen LogP contribution < -0.4 is 10.6 Å². The first-order valence-corrected chi connectivity index (χ1v) is 4.72. The van der Waals surface area contributed by atoms with E-state index in [0.29, 0.717) is 19.7 Å². The molecule has 0 saturated carbocycles. The summed E-state index contributed by atoms with van der Waals surface area (Å²) in [6.07, 6.45) is 0. The maximum Gasteiger partial charge on any atom is 0.236 e. The molecule has 4 nitrogen and oxygen atoms in total. The predicted molar refractivity (Wildman–Crippen MR) is 57.2 cm³/mol. The Hall–Kier alpha value is -0.870. The number of carbonyl (C=O) groups is 1. The Balaban J connectivity index is 3.59. The molecule has 0 aliphatic heterocycles. The topological polar surface area (TPSA) is 50.4 Å². The van der Waals surface area contributed by atoms with Crippen molar-refractivity contribution in [2.45, 2.75) is 19.9 Å². The van der Waals surface area contributed by atoms with Crippen molar-refractivity contribution in [2.75, 3.05) is 26.8 Å². The summed E-state index contributed by atoms with van der Waals surface area (Å²) in [7, 11) is 1.61. The fourth-order valence-corrected chi connectivity index (χ4v) is 0.849. The molecule has 0 aromatic carbocycles. The van der Waals surface area contributed by atoms with E-state index in [9.17, 15) is 4.79 Å². The third-order valence-corrected chi connectivity index (χ3v) is 1.71. The third-order valence-electron chi connectivity index (χ3n) is 1.71. The van der Waals surface area contributed by atoms with Gasteiger partial charge in [-0.1, -0.05) is 12.2 Å². The molecule has 0 saturated heterocycles. The van der Waals surface area contributed by atoms with E-state index >= 15 is 0 Å². The molecule has 0 radical (unpaired) electrons. The highest BCUT2D eigenvalue weighted by atomic mass is 16.5. The van der Waals surface area contributed by atoms with Crippen LogP contribution in [0.1, 0.15) is 13.8 Å². The average molecular weight is 200 g/mol. The molecule has 2 N–H and O–H groups in total. The van der Waals surface area contributed by atoms with Crippen LogP contribution in [0, 0.1) is 0 Å². The molecule has 1 unspecified atom stereocenters. The van der Waals surface area contributed by atoms with Crippen LogP contribution >= 0.6 is 0 Å². The molecule has 0 aromatic heterocycles. The molecule has 82 valence electrons. The van der Waals surface area contributed by atoms with E-state index in [1.165, 1.54) is 0 Å². The van der Waals surface area contributed by atoms with Gasteiger partial charge in [0.15, 0.2) is 0 Å². The van der Waals surface area contributed by atoms with Crippen molar-refractivity contribution >= 4 is 5.91 Å². The fraction of sp³-hybridized carbons (Fsp3) is 0.700. The molecule has 1 amide bonds. The molecule has 0 heterocycles. The van der Waals surface area contributed by atoms with Gasteiger partial charge in [0.1, 0.15) is 0 Å². The normalized spacial score (nSPS) is 12.2. The van der Waals surface area contributed by atoms with Crippen LogP contribution in [0.2, 0.25) is 0 Å². The van der Waals surface area contributed by atoms with Crippen LogP contribution in [0.3, 0.4) is 0 Å². The standard InChI is InChI=1S/C10H20N2O2/c1-8(2)7-12-9(3)10(13)11-5-6-14-4/h9,12H,1,5-7H2,2-4H3,(H,11,13). The lowest BCUT2D eigenvalue weighted by Gasteiger charge is -2.13. The third kappa shape index (κ3) is 6.62. The summed E-state index contributed by atoms with van der Waals surface area (Å²) in [4.78, 5) is 11.4. The van der Waals surface area contributed by atoms with Gasteiger partial charge < -0.3 is 15.4 Å². The van der Waals surface area contributed by atoms with E-state index in [0.717, 1.165) is 5.57 Å². The molecular formula is C10H20N2O2. The van der Waals surface area contributed by atoms with Crippen molar-refractivity contribution in [3.8, 4) is 0 Å². The second-order valence-electron chi connectivity index (χ2n) is 3.34. The van der Waals surface area contributed by atoms with Crippen molar-refractivity contribution in [2.24, 2.45) is 0 Å². The van der Waals surface area contributed by atoms with E-state index in [1.54, 1.807) is 7.11 Å². The van der Waals surface area contributed by atoms with Crippen molar-refractivity contribution in [1.29, 1.82) is 0 Å². The second kappa shape index (κ2) is 7.53. The Labute approximate surface area is 85.7 Å². The van der Waals surface area contributed by atoms with Crippen LogP contribution in [0.5, 0.6) is 0 Å². The maximum absolute atomic E-state index is 11.4. The van der Waals surface area contributed by atoms with Gasteiger partial charge in [0.25, 0.3) is 0 Å². The van der Waals surface area contributed by atoms with Gasteiger partial charge in [0.2, 0.25) is 5.91 Å². The molecular weight excluding hydrogens is 180 g/mol. The molecule has 1 atom stereocenters. The highest BCUT2D eigenvalue weighted by Gasteiger charge is 2.10. The lowest BCUT2D eigenvalue weighted by molar-refractivity contribution is -0.122. The monoisotopic (exact) mass is 200 g/mol. The Morgan fingerprint density at radius 3 is 2.71 bits per heavy atom. The van der Waals surface area contributed by atoms with Gasteiger partial charge in [-0.15, -0.1) is 0 Å². The highest BCUT2D eigenvalue weighted by molar-refractivity contribution is 5.81. The number of carbonyl (C=O) groups excluding carboxylic acids is 1. The Morgan fingerprint density at radius 1 is 1.57 bits per heavy atom. The highest BCUT2D eigenvalue weighted by Crippen LogP contribution is 1.86. The Bertz CT molecular complexity index is 193. The first kappa shape index (κ1) is 13.1. The molecule has 14 heavy (non-hydrogen) atoms. The molecule has 0 aliphatic rings. The molecule has 0 fully saturated rings. The summed E-state index contributed by atoms with van der Waals surface area (Å²) in [6.45, 7) is 9.25. The number of rotatable bonds is 7. The van der Waals surface area contributed by atoms with Gasteiger partial charge in [-0.2, -0.15) is 0 Å². The summed E-state index contributed by atoms with van der Waals surface area (Å²) in [6, 6.07) is -0.191. The first-order valence-electron chi connectivity index (χ1n) is 4.72. The summed E-state index contributed by atoms with van der Waals surface area (Å²) >= 11 is 0. The molecule has 0 aromatic rings. The van der Waals surface area contributed by atoms with Gasteiger partial charge >= 0.3 is 0 Å². The Morgan fingerprint density at radius 2 is 2.21 bits per heavy atom. The number of ether oxygens (including phenoxy) is 1. The van der Waals surface area contributed by atoms with Crippen molar-refractivity contribution < 1.29 is 9.53 Å². The minimum Gasteiger partial charge on any atom is -0.383 e. The van der Waals surface area contributed by atoms with Gasteiger partial charge in [-0.05, 0) is 13.8 Å². The number of amides is 1. The maximum atomic E-state index is 11.4. The quantitative estimate of drug-likeness (QED) is 0.459. The molecule has 0 bridgehead atoms. The van der Waals surface area contributed by atoms with Crippen molar-refractivity contribution in [3.05, 3.63) is 12.2 Å². The Kier molecular flexibility index (Phi) is 7.06. The lowest BCUT2D eigenvalue weighted by Crippen LogP contribution is -2.43. The summed E-state index contributed by atoms with van der Waals surface area (Å²) < 4.78 is 4.82. The van der Waals surface area contributed by atoms with E-state index in [1.807, 2.05) is 13.8 Å². The summed E-state index contributed by atoms with van der Waals surface area (Å²) in [5.74, 6) is -0.0108. The zero-order valence-corrected chi connectivity index (χ0v) is 9.22. The molecule has 4 heteroatoms. The van der Waals surface area contributed by atoms with Crippen LogP contribution in [-0.2, 0) is 9.53 Å². The average Bonchev–Trinajstić information content (AvgIpc) is 2.14. The zero-order chi connectivity index (χ0) is 11.0. The minimum absolute atomic E-state index is 0.0108.